The SMILES string of the molecule is Cn1ccc(C(NN)c2ccnn2-c2ccccc2)n1. The smallest absolute Gasteiger partial charge is 0.107 e. The van der Waals surface area contributed by atoms with Gasteiger partial charge in [-0.1, -0.05) is 18.2 Å². The zero-order valence-corrected chi connectivity index (χ0v) is 11.1. The molecule has 2 heterocycles. The predicted molar refractivity (Wildman–Crippen MR) is 75.9 cm³/mol. The van der Waals surface area contributed by atoms with Crippen LogP contribution in [-0.2, 0) is 7.05 Å². The molecule has 1 atom stereocenters. The van der Waals surface area contributed by atoms with Crippen LogP contribution in [-0.4, -0.2) is 19.6 Å². The molecule has 6 nitrogen and oxygen atoms in total. The van der Waals surface area contributed by atoms with Crippen LogP contribution >= 0.6 is 0 Å². The third-order valence-electron chi connectivity index (χ3n) is 3.17. The van der Waals surface area contributed by atoms with Gasteiger partial charge in [-0.2, -0.15) is 10.2 Å². The molecule has 0 saturated heterocycles. The Hall–Kier alpha value is -2.44. The Bertz CT molecular complexity index is 685. The van der Waals surface area contributed by atoms with Gasteiger partial charge in [-0.3, -0.25) is 10.5 Å². The normalized spacial score (nSPS) is 12.5. The molecule has 0 aliphatic heterocycles. The van der Waals surface area contributed by atoms with Crippen molar-refractivity contribution >= 4 is 0 Å². The van der Waals surface area contributed by atoms with Crippen LogP contribution in [0.4, 0.5) is 0 Å². The minimum absolute atomic E-state index is 0.209. The molecule has 0 saturated carbocycles. The van der Waals surface area contributed by atoms with Gasteiger partial charge in [0, 0.05) is 19.4 Å². The number of nitrogens with zero attached hydrogens (tertiary/aromatic N) is 4. The number of para-hydroxylation sites is 1. The summed E-state index contributed by atoms with van der Waals surface area (Å²) in [5, 5.41) is 8.78. The minimum atomic E-state index is -0.209. The highest BCUT2D eigenvalue weighted by molar-refractivity contribution is 5.34. The van der Waals surface area contributed by atoms with Crippen LogP contribution in [0.5, 0.6) is 0 Å². The fraction of sp³-hybridized carbons (Fsp3) is 0.143. The molecule has 0 spiro atoms. The zero-order valence-electron chi connectivity index (χ0n) is 11.1. The average Bonchev–Trinajstić information content (AvgIpc) is 3.11. The molecule has 20 heavy (non-hydrogen) atoms. The summed E-state index contributed by atoms with van der Waals surface area (Å²) in [4.78, 5) is 0. The highest BCUT2D eigenvalue weighted by Crippen LogP contribution is 2.21. The van der Waals surface area contributed by atoms with Crippen LogP contribution in [0.3, 0.4) is 0 Å². The minimum Gasteiger partial charge on any atom is -0.275 e. The summed E-state index contributed by atoms with van der Waals surface area (Å²) in [6.07, 6.45) is 3.65. The largest absolute Gasteiger partial charge is 0.275 e. The third-order valence-corrected chi connectivity index (χ3v) is 3.17. The molecule has 3 N–H and O–H groups in total. The molecule has 0 bridgehead atoms. The van der Waals surface area contributed by atoms with Crippen molar-refractivity contribution in [3.05, 3.63) is 66.2 Å². The number of nitrogens with two attached hydrogens (primary N) is 1. The van der Waals surface area contributed by atoms with Gasteiger partial charge in [0.05, 0.1) is 17.1 Å². The first-order valence-corrected chi connectivity index (χ1v) is 6.34. The van der Waals surface area contributed by atoms with E-state index < -0.39 is 0 Å². The molecule has 0 fully saturated rings. The molecule has 3 aromatic rings. The fourth-order valence-corrected chi connectivity index (χ4v) is 2.23. The molecule has 0 aliphatic carbocycles. The Morgan fingerprint density at radius 1 is 1.15 bits per heavy atom. The second-order valence-corrected chi connectivity index (χ2v) is 4.52. The van der Waals surface area contributed by atoms with E-state index in [0.717, 1.165) is 17.1 Å². The van der Waals surface area contributed by atoms with Gasteiger partial charge in [-0.05, 0) is 24.3 Å². The molecule has 3 rings (SSSR count). The van der Waals surface area contributed by atoms with E-state index in [-0.39, 0.29) is 6.04 Å². The van der Waals surface area contributed by atoms with Crippen molar-refractivity contribution in [3.8, 4) is 5.69 Å². The van der Waals surface area contributed by atoms with E-state index in [1.165, 1.54) is 0 Å². The number of aryl methyl sites for hydroxylation is 1. The van der Waals surface area contributed by atoms with Crippen LogP contribution < -0.4 is 11.3 Å². The number of nitrogens with one attached hydrogen (secondary N) is 1. The van der Waals surface area contributed by atoms with Gasteiger partial charge in [0.1, 0.15) is 6.04 Å². The molecule has 0 aliphatic rings. The summed E-state index contributed by atoms with van der Waals surface area (Å²) in [5.41, 5.74) is 5.59. The van der Waals surface area contributed by atoms with E-state index in [9.17, 15) is 0 Å². The number of aromatic nitrogens is 4. The summed E-state index contributed by atoms with van der Waals surface area (Å²) in [6, 6.07) is 13.6. The quantitative estimate of drug-likeness (QED) is 0.550. The second kappa shape index (κ2) is 5.28. The maximum atomic E-state index is 5.71. The van der Waals surface area contributed by atoms with Crippen molar-refractivity contribution in [2.45, 2.75) is 6.04 Å². The van der Waals surface area contributed by atoms with E-state index in [1.54, 1.807) is 10.9 Å². The fourth-order valence-electron chi connectivity index (χ4n) is 2.23. The van der Waals surface area contributed by atoms with Gasteiger partial charge >= 0.3 is 0 Å². The summed E-state index contributed by atoms with van der Waals surface area (Å²) in [5.74, 6) is 5.71. The standard InChI is InChI=1S/C14H16N6/c1-19-10-8-12(18-19)14(17-15)13-7-9-16-20(13)11-5-3-2-4-6-11/h2-10,14,17H,15H2,1H3. The van der Waals surface area contributed by atoms with Crippen molar-refractivity contribution in [1.82, 2.24) is 25.0 Å². The maximum Gasteiger partial charge on any atom is 0.107 e. The molecule has 0 amide bonds. The summed E-state index contributed by atoms with van der Waals surface area (Å²) < 4.78 is 3.61. The van der Waals surface area contributed by atoms with Crippen molar-refractivity contribution in [2.24, 2.45) is 12.9 Å². The van der Waals surface area contributed by atoms with E-state index in [1.807, 2.05) is 60.4 Å². The molecule has 6 heteroatoms. The van der Waals surface area contributed by atoms with Gasteiger partial charge in [-0.25, -0.2) is 10.1 Å². The van der Waals surface area contributed by atoms with Crippen LogP contribution in [0.25, 0.3) is 5.69 Å². The Morgan fingerprint density at radius 3 is 2.60 bits per heavy atom. The van der Waals surface area contributed by atoms with Crippen LogP contribution in [0.2, 0.25) is 0 Å². The lowest BCUT2D eigenvalue weighted by Gasteiger charge is -2.15. The average molecular weight is 268 g/mol. The van der Waals surface area contributed by atoms with Gasteiger partial charge in [0.2, 0.25) is 0 Å². The van der Waals surface area contributed by atoms with E-state index in [4.69, 9.17) is 5.84 Å². The first kappa shape index (κ1) is 12.6. The van der Waals surface area contributed by atoms with Gasteiger partial charge < -0.3 is 0 Å². The first-order valence-electron chi connectivity index (χ1n) is 6.34. The number of hydrazine groups is 1. The van der Waals surface area contributed by atoms with Gasteiger partial charge in [0.25, 0.3) is 0 Å². The molecule has 2 aromatic heterocycles. The number of hydrogen-bond donors (Lipinski definition) is 2. The summed E-state index contributed by atoms with van der Waals surface area (Å²) in [7, 11) is 1.88. The Morgan fingerprint density at radius 2 is 1.95 bits per heavy atom. The zero-order chi connectivity index (χ0) is 13.9. The van der Waals surface area contributed by atoms with Crippen molar-refractivity contribution < 1.29 is 0 Å². The lowest BCUT2D eigenvalue weighted by atomic mass is 10.1. The molecule has 1 unspecified atom stereocenters. The molecular weight excluding hydrogens is 252 g/mol. The number of benzene rings is 1. The Labute approximate surface area is 116 Å². The van der Waals surface area contributed by atoms with Crippen LogP contribution in [0.1, 0.15) is 17.4 Å². The Balaban J connectivity index is 2.04. The molecular formula is C14H16N6. The molecule has 0 radical (unpaired) electrons. The Kier molecular flexibility index (Phi) is 3.32. The number of hydrogen-bond acceptors (Lipinski definition) is 4. The van der Waals surface area contributed by atoms with Crippen molar-refractivity contribution in [1.29, 1.82) is 0 Å². The van der Waals surface area contributed by atoms with Crippen molar-refractivity contribution in [2.75, 3.05) is 0 Å². The third kappa shape index (κ3) is 2.22. The monoisotopic (exact) mass is 268 g/mol. The number of rotatable bonds is 4. The lowest BCUT2D eigenvalue weighted by Crippen LogP contribution is -2.31. The second-order valence-electron chi connectivity index (χ2n) is 4.52. The van der Waals surface area contributed by atoms with Crippen molar-refractivity contribution in [3.63, 3.8) is 0 Å². The van der Waals surface area contributed by atoms with Gasteiger partial charge in [-0.15, -0.1) is 0 Å². The van der Waals surface area contributed by atoms with Gasteiger partial charge in [0.15, 0.2) is 0 Å². The topological polar surface area (TPSA) is 73.7 Å². The molecule has 102 valence electrons. The van der Waals surface area contributed by atoms with E-state index in [0.29, 0.717) is 0 Å². The molecule has 1 aromatic carbocycles. The lowest BCUT2D eigenvalue weighted by molar-refractivity contribution is 0.572. The van der Waals surface area contributed by atoms with E-state index in [2.05, 4.69) is 15.6 Å². The predicted octanol–water partition coefficient (Wildman–Crippen LogP) is 1.16. The van der Waals surface area contributed by atoms with E-state index >= 15 is 0 Å². The highest BCUT2D eigenvalue weighted by Gasteiger charge is 2.19. The summed E-state index contributed by atoms with van der Waals surface area (Å²) >= 11 is 0. The van der Waals surface area contributed by atoms with Crippen LogP contribution in [0, 0.1) is 0 Å². The van der Waals surface area contributed by atoms with Crippen LogP contribution in [0.15, 0.2) is 54.9 Å². The first-order chi connectivity index (χ1) is 9.79. The highest BCUT2D eigenvalue weighted by atomic mass is 15.3. The maximum absolute atomic E-state index is 5.71. The summed E-state index contributed by atoms with van der Waals surface area (Å²) in [6.45, 7) is 0.